The lowest BCUT2D eigenvalue weighted by molar-refractivity contribution is -0.117. The normalized spacial score (nSPS) is 16.7. The molecular formula is C28H28FN3O. The number of nitrogens with zero attached hydrogens (tertiary/aromatic N) is 3. The summed E-state index contributed by atoms with van der Waals surface area (Å²) in [5.74, 6) is 0.638. The van der Waals surface area contributed by atoms with Crippen LogP contribution in [-0.4, -0.2) is 22.0 Å². The summed E-state index contributed by atoms with van der Waals surface area (Å²) in [7, 11) is 0. The van der Waals surface area contributed by atoms with Gasteiger partial charge in [0, 0.05) is 31.1 Å². The number of amides is 1. The molecule has 0 saturated carbocycles. The van der Waals surface area contributed by atoms with Gasteiger partial charge in [0.25, 0.3) is 0 Å². The molecule has 0 radical (unpaired) electrons. The molecule has 0 N–H and O–H groups in total. The molecule has 168 valence electrons. The third-order valence-corrected chi connectivity index (χ3v) is 6.47. The van der Waals surface area contributed by atoms with Crippen LogP contribution in [0.3, 0.4) is 0 Å². The van der Waals surface area contributed by atoms with E-state index in [9.17, 15) is 9.18 Å². The molecule has 0 unspecified atom stereocenters. The Labute approximate surface area is 193 Å². The van der Waals surface area contributed by atoms with E-state index in [1.807, 2.05) is 18.2 Å². The number of imidazole rings is 1. The minimum Gasteiger partial charge on any atom is -0.323 e. The van der Waals surface area contributed by atoms with Crippen LogP contribution in [0.1, 0.15) is 50.1 Å². The van der Waals surface area contributed by atoms with Crippen molar-refractivity contribution in [2.75, 3.05) is 11.4 Å². The molecule has 4 aromatic rings. The van der Waals surface area contributed by atoms with Crippen LogP contribution in [0.5, 0.6) is 0 Å². The molecule has 0 aliphatic carbocycles. The molecule has 2 heterocycles. The number of hydrogen-bond donors (Lipinski definition) is 0. The van der Waals surface area contributed by atoms with Gasteiger partial charge in [-0.05, 0) is 52.9 Å². The number of para-hydroxylation sites is 2. The molecular weight excluding hydrogens is 413 g/mol. The summed E-state index contributed by atoms with van der Waals surface area (Å²) in [6, 6.07) is 23.0. The van der Waals surface area contributed by atoms with E-state index < -0.39 is 0 Å². The summed E-state index contributed by atoms with van der Waals surface area (Å²) in [4.78, 5) is 19.5. The minimum absolute atomic E-state index is 0.0243. The monoisotopic (exact) mass is 441 g/mol. The van der Waals surface area contributed by atoms with Gasteiger partial charge in [-0.25, -0.2) is 9.37 Å². The average Bonchev–Trinajstić information content (AvgIpc) is 3.35. The van der Waals surface area contributed by atoms with Crippen molar-refractivity contribution in [2.24, 2.45) is 0 Å². The predicted octanol–water partition coefficient (Wildman–Crippen LogP) is 6.04. The highest BCUT2D eigenvalue weighted by atomic mass is 19.1. The quantitative estimate of drug-likeness (QED) is 0.387. The molecule has 1 aliphatic heterocycles. The average molecular weight is 442 g/mol. The molecule has 1 fully saturated rings. The van der Waals surface area contributed by atoms with Crippen molar-refractivity contribution in [3.05, 3.63) is 95.6 Å². The van der Waals surface area contributed by atoms with Gasteiger partial charge in [-0.3, -0.25) is 4.79 Å². The second-order valence-corrected chi connectivity index (χ2v) is 9.87. The van der Waals surface area contributed by atoms with E-state index in [-0.39, 0.29) is 23.1 Å². The molecule has 0 spiro atoms. The van der Waals surface area contributed by atoms with Gasteiger partial charge in [-0.2, -0.15) is 0 Å². The Morgan fingerprint density at radius 2 is 1.67 bits per heavy atom. The van der Waals surface area contributed by atoms with Crippen molar-refractivity contribution in [1.29, 1.82) is 0 Å². The molecule has 1 aromatic heterocycles. The first-order valence-electron chi connectivity index (χ1n) is 11.4. The van der Waals surface area contributed by atoms with Crippen LogP contribution >= 0.6 is 0 Å². The number of fused-ring (bicyclic) bond motifs is 1. The standard InChI is InChI=1S/C28H28FN3O/c1-28(2,3)21-10-8-19(9-11-21)17-32-25-7-5-4-6-24(25)30-27(32)20-16-26(33)31(18-20)23-14-12-22(29)13-15-23/h4-15,20H,16-18H2,1-3H3/t20-/m1/s1. The van der Waals surface area contributed by atoms with Gasteiger partial charge < -0.3 is 9.47 Å². The minimum atomic E-state index is -0.304. The number of hydrogen-bond acceptors (Lipinski definition) is 2. The number of benzene rings is 3. The van der Waals surface area contributed by atoms with Crippen molar-refractivity contribution in [2.45, 2.75) is 45.1 Å². The summed E-state index contributed by atoms with van der Waals surface area (Å²) in [5.41, 5.74) is 5.35. The molecule has 0 bridgehead atoms. The maximum atomic E-state index is 13.4. The van der Waals surface area contributed by atoms with E-state index in [1.165, 1.54) is 23.3 Å². The van der Waals surface area contributed by atoms with E-state index in [1.54, 1.807) is 17.0 Å². The number of rotatable bonds is 4. The van der Waals surface area contributed by atoms with E-state index in [4.69, 9.17) is 4.98 Å². The van der Waals surface area contributed by atoms with E-state index in [2.05, 4.69) is 55.7 Å². The molecule has 5 heteroatoms. The summed E-state index contributed by atoms with van der Waals surface area (Å²) < 4.78 is 15.6. The number of anilines is 1. The maximum absolute atomic E-state index is 13.4. The lowest BCUT2D eigenvalue weighted by atomic mass is 9.87. The Balaban J connectivity index is 1.48. The zero-order chi connectivity index (χ0) is 23.2. The van der Waals surface area contributed by atoms with Crippen molar-refractivity contribution in [3.63, 3.8) is 0 Å². The summed E-state index contributed by atoms with van der Waals surface area (Å²) in [6.45, 7) is 7.88. The number of aromatic nitrogens is 2. The van der Waals surface area contributed by atoms with Crippen molar-refractivity contribution >= 4 is 22.6 Å². The number of halogens is 1. The third kappa shape index (κ3) is 4.15. The van der Waals surface area contributed by atoms with Crippen LogP contribution in [0.25, 0.3) is 11.0 Å². The highest BCUT2D eigenvalue weighted by molar-refractivity contribution is 5.96. The first-order valence-corrected chi connectivity index (χ1v) is 11.4. The molecule has 1 saturated heterocycles. The van der Waals surface area contributed by atoms with Gasteiger partial charge in [0.1, 0.15) is 11.6 Å². The zero-order valence-electron chi connectivity index (χ0n) is 19.3. The molecule has 3 aromatic carbocycles. The first-order chi connectivity index (χ1) is 15.8. The Bertz CT molecular complexity index is 1300. The third-order valence-electron chi connectivity index (χ3n) is 6.47. The number of carbonyl (C=O) groups is 1. The van der Waals surface area contributed by atoms with Gasteiger partial charge >= 0.3 is 0 Å². The van der Waals surface area contributed by atoms with Crippen LogP contribution in [0.15, 0.2) is 72.8 Å². The fourth-order valence-electron chi connectivity index (χ4n) is 4.62. The SMILES string of the molecule is CC(C)(C)c1ccc(Cn2c([C@@H]3CC(=O)N(c4ccc(F)cc4)C3)nc3ccccc32)cc1. The van der Waals surface area contributed by atoms with Crippen LogP contribution in [0.4, 0.5) is 10.1 Å². The second-order valence-electron chi connectivity index (χ2n) is 9.87. The van der Waals surface area contributed by atoms with Crippen molar-refractivity contribution in [3.8, 4) is 0 Å². The molecule has 4 nitrogen and oxygen atoms in total. The van der Waals surface area contributed by atoms with E-state index in [0.717, 1.165) is 22.5 Å². The van der Waals surface area contributed by atoms with Crippen LogP contribution in [-0.2, 0) is 16.8 Å². The van der Waals surface area contributed by atoms with Crippen LogP contribution in [0, 0.1) is 5.82 Å². The van der Waals surface area contributed by atoms with E-state index >= 15 is 0 Å². The fourth-order valence-corrected chi connectivity index (χ4v) is 4.62. The molecule has 1 amide bonds. The molecule has 1 atom stereocenters. The Hall–Kier alpha value is -3.47. The lowest BCUT2D eigenvalue weighted by Crippen LogP contribution is -2.24. The Morgan fingerprint density at radius 3 is 2.36 bits per heavy atom. The fraction of sp³-hybridized carbons (Fsp3) is 0.286. The Kier molecular flexibility index (Phi) is 5.28. The van der Waals surface area contributed by atoms with Crippen LogP contribution in [0.2, 0.25) is 0 Å². The van der Waals surface area contributed by atoms with Gasteiger partial charge in [-0.15, -0.1) is 0 Å². The first kappa shape index (κ1) is 21.4. The molecule has 1 aliphatic rings. The topological polar surface area (TPSA) is 38.1 Å². The largest absolute Gasteiger partial charge is 0.323 e. The lowest BCUT2D eigenvalue weighted by Gasteiger charge is -2.20. The zero-order valence-corrected chi connectivity index (χ0v) is 19.3. The van der Waals surface area contributed by atoms with Gasteiger partial charge in [0.15, 0.2) is 0 Å². The van der Waals surface area contributed by atoms with Gasteiger partial charge in [0.05, 0.1) is 11.0 Å². The molecule has 33 heavy (non-hydrogen) atoms. The second kappa shape index (κ2) is 8.14. The molecule has 5 rings (SSSR count). The predicted molar refractivity (Wildman–Crippen MR) is 130 cm³/mol. The Morgan fingerprint density at radius 1 is 0.970 bits per heavy atom. The smallest absolute Gasteiger partial charge is 0.227 e. The highest BCUT2D eigenvalue weighted by Crippen LogP contribution is 2.34. The van der Waals surface area contributed by atoms with Crippen molar-refractivity contribution < 1.29 is 9.18 Å². The highest BCUT2D eigenvalue weighted by Gasteiger charge is 2.34. The number of carbonyl (C=O) groups excluding carboxylic acids is 1. The maximum Gasteiger partial charge on any atom is 0.227 e. The summed E-state index contributed by atoms with van der Waals surface area (Å²) >= 11 is 0. The van der Waals surface area contributed by atoms with E-state index in [0.29, 0.717) is 19.5 Å². The summed E-state index contributed by atoms with van der Waals surface area (Å²) in [6.07, 6.45) is 0.393. The van der Waals surface area contributed by atoms with Crippen molar-refractivity contribution in [1.82, 2.24) is 9.55 Å². The van der Waals surface area contributed by atoms with Gasteiger partial charge in [-0.1, -0.05) is 57.2 Å². The van der Waals surface area contributed by atoms with Crippen LogP contribution < -0.4 is 4.90 Å². The summed E-state index contributed by atoms with van der Waals surface area (Å²) in [5, 5.41) is 0. The van der Waals surface area contributed by atoms with Gasteiger partial charge in [0.2, 0.25) is 5.91 Å².